The maximum Gasteiger partial charge on any atom is 0.120 e. The Morgan fingerprint density at radius 2 is 1.94 bits per heavy atom. The first kappa shape index (κ1) is 14.0. The second-order valence-electron chi connectivity index (χ2n) is 4.94. The Kier molecular flexibility index (Phi) is 4.16. The Hall–Kier alpha value is -1.08. The SMILES string of the molecule is CC(C)(O)C#C/C(=C/c1cccs1)C(C)(C)O. The van der Waals surface area contributed by atoms with E-state index in [9.17, 15) is 10.2 Å². The van der Waals surface area contributed by atoms with Crippen molar-refractivity contribution < 1.29 is 10.2 Å². The van der Waals surface area contributed by atoms with E-state index in [1.165, 1.54) is 0 Å². The molecule has 0 saturated heterocycles. The van der Waals surface area contributed by atoms with Crippen LogP contribution >= 0.6 is 11.3 Å². The fraction of sp³-hybridized carbons (Fsp3) is 0.429. The molecule has 92 valence electrons. The standard InChI is InChI=1S/C14H18O2S/c1-13(2,15)8-7-11(14(3,4)16)10-12-6-5-9-17-12/h5-6,9-10,15-16H,1-4H3/b11-10-. The van der Waals surface area contributed by atoms with Gasteiger partial charge in [0.1, 0.15) is 5.60 Å². The summed E-state index contributed by atoms with van der Waals surface area (Å²) in [5.74, 6) is 5.58. The van der Waals surface area contributed by atoms with E-state index in [1.54, 1.807) is 39.0 Å². The number of thiophene rings is 1. The topological polar surface area (TPSA) is 40.5 Å². The highest BCUT2D eigenvalue weighted by Crippen LogP contribution is 2.21. The summed E-state index contributed by atoms with van der Waals surface area (Å²) in [5, 5.41) is 21.6. The first-order chi connectivity index (χ1) is 7.68. The molecule has 1 heterocycles. The van der Waals surface area contributed by atoms with Crippen LogP contribution in [0.15, 0.2) is 23.1 Å². The van der Waals surface area contributed by atoms with Gasteiger partial charge in [-0.3, -0.25) is 0 Å². The predicted molar refractivity (Wildman–Crippen MR) is 72.7 cm³/mol. The van der Waals surface area contributed by atoms with Crippen LogP contribution in [-0.2, 0) is 0 Å². The van der Waals surface area contributed by atoms with Crippen LogP contribution in [0, 0.1) is 11.8 Å². The minimum atomic E-state index is -1.06. The maximum atomic E-state index is 10.0. The molecule has 0 bridgehead atoms. The lowest BCUT2D eigenvalue weighted by Gasteiger charge is -2.17. The zero-order valence-corrected chi connectivity index (χ0v) is 11.4. The lowest BCUT2D eigenvalue weighted by Crippen LogP contribution is -2.22. The van der Waals surface area contributed by atoms with Gasteiger partial charge in [0.25, 0.3) is 0 Å². The van der Waals surface area contributed by atoms with Crippen LogP contribution in [0.2, 0.25) is 0 Å². The van der Waals surface area contributed by atoms with Crippen molar-refractivity contribution in [3.63, 3.8) is 0 Å². The second-order valence-corrected chi connectivity index (χ2v) is 5.92. The highest BCUT2D eigenvalue weighted by Gasteiger charge is 2.18. The summed E-state index contributed by atoms with van der Waals surface area (Å²) in [6.45, 7) is 6.61. The van der Waals surface area contributed by atoms with Crippen molar-refractivity contribution in [1.29, 1.82) is 0 Å². The van der Waals surface area contributed by atoms with E-state index in [4.69, 9.17) is 0 Å². The van der Waals surface area contributed by atoms with Gasteiger partial charge in [-0.1, -0.05) is 17.9 Å². The molecular weight excluding hydrogens is 232 g/mol. The van der Waals surface area contributed by atoms with Crippen molar-refractivity contribution in [3.05, 3.63) is 28.0 Å². The van der Waals surface area contributed by atoms with Crippen molar-refractivity contribution in [1.82, 2.24) is 0 Å². The lowest BCUT2D eigenvalue weighted by molar-refractivity contribution is 0.125. The number of hydrogen-bond acceptors (Lipinski definition) is 3. The van der Waals surface area contributed by atoms with Gasteiger partial charge in [-0.2, -0.15) is 0 Å². The zero-order valence-electron chi connectivity index (χ0n) is 10.6. The van der Waals surface area contributed by atoms with Gasteiger partial charge >= 0.3 is 0 Å². The first-order valence-corrected chi connectivity index (χ1v) is 6.30. The molecule has 2 N–H and O–H groups in total. The van der Waals surface area contributed by atoms with Crippen LogP contribution in [0.4, 0.5) is 0 Å². The molecule has 0 spiro atoms. The summed E-state index contributed by atoms with van der Waals surface area (Å²) >= 11 is 1.58. The van der Waals surface area contributed by atoms with Gasteiger partial charge in [0.15, 0.2) is 0 Å². The van der Waals surface area contributed by atoms with E-state index in [1.807, 2.05) is 23.6 Å². The van der Waals surface area contributed by atoms with Gasteiger partial charge in [0.2, 0.25) is 0 Å². The van der Waals surface area contributed by atoms with E-state index >= 15 is 0 Å². The van der Waals surface area contributed by atoms with Crippen LogP contribution < -0.4 is 0 Å². The third kappa shape index (κ3) is 5.18. The van der Waals surface area contributed by atoms with Crippen LogP contribution in [0.25, 0.3) is 6.08 Å². The minimum Gasteiger partial charge on any atom is -0.385 e. The molecule has 0 aromatic carbocycles. The molecule has 0 unspecified atom stereocenters. The van der Waals surface area contributed by atoms with Gasteiger partial charge < -0.3 is 10.2 Å². The third-order valence-electron chi connectivity index (χ3n) is 1.99. The molecule has 3 heteroatoms. The lowest BCUT2D eigenvalue weighted by atomic mass is 9.97. The summed E-state index contributed by atoms with van der Waals surface area (Å²) in [4.78, 5) is 1.03. The van der Waals surface area contributed by atoms with E-state index in [0.717, 1.165) is 4.88 Å². The molecule has 1 aromatic rings. The van der Waals surface area contributed by atoms with E-state index in [2.05, 4.69) is 11.8 Å². The van der Waals surface area contributed by atoms with Crippen molar-refractivity contribution in [2.45, 2.75) is 38.9 Å². The Morgan fingerprint density at radius 1 is 1.29 bits per heavy atom. The van der Waals surface area contributed by atoms with Crippen molar-refractivity contribution in [3.8, 4) is 11.8 Å². The molecule has 0 amide bonds. The number of rotatable bonds is 2. The fourth-order valence-electron chi connectivity index (χ4n) is 1.10. The Morgan fingerprint density at radius 3 is 2.35 bits per heavy atom. The molecule has 0 saturated carbocycles. The molecule has 1 rings (SSSR count). The molecule has 2 nitrogen and oxygen atoms in total. The number of hydrogen-bond donors (Lipinski definition) is 2. The zero-order chi connectivity index (χ0) is 13.1. The van der Waals surface area contributed by atoms with Crippen LogP contribution in [0.5, 0.6) is 0 Å². The molecular formula is C14H18O2S. The summed E-state index contributed by atoms with van der Waals surface area (Å²) in [6.07, 6.45) is 1.85. The van der Waals surface area contributed by atoms with E-state index in [0.29, 0.717) is 5.57 Å². The third-order valence-corrected chi connectivity index (χ3v) is 2.81. The van der Waals surface area contributed by atoms with Gasteiger partial charge in [-0.25, -0.2) is 0 Å². The predicted octanol–water partition coefficient (Wildman–Crippen LogP) is 2.68. The van der Waals surface area contributed by atoms with Crippen LogP contribution in [0.3, 0.4) is 0 Å². The average Bonchev–Trinajstić information content (AvgIpc) is 2.60. The van der Waals surface area contributed by atoms with Crippen molar-refractivity contribution in [2.24, 2.45) is 0 Å². The molecule has 0 aliphatic rings. The quantitative estimate of drug-likeness (QED) is 0.792. The van der Waals surface area contributed by atoms with Gasteiger partial charge in [-0.15, -0.1) is 11.3 Å². The smallest absolute Gasteiger partial charge is 0.120 e. The monoisotopic (exact) mass is 250 g/mol. The summed E-state index contributed by atoms with van der Waals surface area (Å²) in [5.41, 5.74) is -1.47. The van der Waals surface area contributed by atoms with Crippen LogP contribution in [0.1, 0.15) is 32.6 Å². The fourth-order valence-corrected chi connectivity index (χ4v) is 1.76. The van der Waals surface area contributed by atoms with E-state index < -0.39 is 11.2 Å². The summed E-state index contributed by atoms with van der Waals surface area (Å²) < 4.78 is 0. The van der Waals surface area contributed by atoms with E-state index in [-0.39, 0.29) is 0 Å². The second kappa shape index (κ2) is 5.05. The van der Waals surface area contributed by atoms with Gasteiger partial charge in [0, 0.05) is 10.5 Å². The Bertz CT molecular complexity index is 445. The van der Waals surface area contributed by atoms with Crippen molar-refractivity contribution >= 4 is 17.4 Å². The molecule has 0 atom stereocenters. The molecule has 0 fully saturated rings. The largest absolute Gasteiger partial charge is 0.385 e. The number of aliphatic hydroxyl groups is 2. The summed E-state index contributed by atoms with van der Waals surface area (Å²) in [6, 6.07) is 3.91. The maximum absolute atomic E-state index is 10.0. The average molecular weight is 250 g/mol. The summed E-state index contributed by atoms with van der Waals surface area (Å²) in [7, 11) is 0. The Balaban J connectivity index is 3.10. The normalized spacial score (nSPS) is 13.2. The van der Waals surface area contributed by atoms with Crippen LogP contribution in [-0.4, -0.2) is 21.4 Å². The molecule has 0 aliphatic heterocycles. The highest BCUT2D eigenvalue weighted by atomic mass is 32.1. The van der Waals surface area contributed by atoms with Crippen molar-refractivity contribution in [2.75, 3.05) is 0 Å². The molecule has 0 aliphatic carbocycles. The molecule has 17 heavy (non-hydrogen) atoms. The van der Waals surface area contributed by atoms with Gasteiger partial charge in [0.05, 0.1) is 5.60 Å². The highest BCUT2D eigenvalue weighted by molar-refractivity contribution is 7.10. The Labute approximate surface area is 107 Å². The molecule has 0 radical (unpaired) electrons. The minimum absolute atomic E-state index is 0.599. The molecule has 1 aromatic heterocycles. The first-order valence-electron chi connectivity index (χ1n) is 5.42. The van der Waals surface area contributed by atoms with Gasteiger partial charge in [-0.05, 0) is 45.2 Å².